The van der Waals surface area contributed by atoms with E-state index in [0.29, 0.717) is 0 Å². The summed E-state index contributed by atoms with van der Waals surface area (Å²) in [5, 5.41) is 6.74. The number of piperazine rings is 1. The van der Waals surface area contributed by atoms with Gasteiger partial charge in [-0.2, -0.15) is 0 Å². The first kappa shape index (κ1) is 19.2. The van der Waals surface area contributed by atoms with Crippen molar-refractivity contribution in [1.29, 1.82) is 0 Å². The minimum absolute atomic E-state index is 0.175. The van der Waals surface area contributed by atoms with Crippen molar-refractivity contribution in [3.63, 3.8) is 0 Å². The van der Waals surface area contributed by atoms with Crippen molar-refractivity contribution in [3.8, 4) is 0 Å². The molecule has 6 nitrogen and oxygen atoms in total. The van der Waals surface area contributed by atoms with Gasteiger partial charge in [-0.05, 0) is 25.0 Å². The smallest absolute Gasteiger partial charge is 0.219 e. The molecule has 0 spiro atoms. The van der Waals surface area contributed by atoms with Gasteiger partial charge in [0.05, 0.1) is 0 Å². The highest BCUT2D eigenvalue weighted by molar-refractivity contribution is 5.79. The number of guanidine groups is 1. The second-order valence-electron chi connectivity index (χ2n) is 6.63. The van der Waals surface area contributed by atoms with Crippen LogP contribution >= 0.6 is 0 Å². The minimum atomic E-state index is 0.175. The first-order valence-electron chi connectivity index (χ1n) is 8.98. The van der Waals surface area contributed by atoms with Crippen LogP contribution in [0.3, 0.4) is 0 Å². The number of hydrogen-bond donors (Lipinski definition) is 2. The summed E-state index contributed by atoms with van der Waals surface area (Å²) in [5.41, 5.74) is 3.87. The normalized spacial score (nSPS) is 16.0. The van der Waals surface area contributed by atoms with Crippen LogP contribution in [0.2, 0.25) is 0 Å². The molecule has 1 aromatic carbocycles. The predicted molar refractivity (Wildman–Crippen MR) is 103 cm³/mol. The number of nitrogens with zero attached hydrogens (tertiary/aromatic N) is 3. The molecule has 0 saturated carbocycles. The maximum Gasteiger partial charge on any atom is 0.219 e. The average molecular weight is 345 g/mol. The van der Waals surface area contributed by atoms with E-state index in [0.717, 1.165) is 51.8 Å². The molecule has 6 heteroatoms. The summed E-state index contributed by atoms with van der Waals surface area (Å²) in [7, 11) is 1.79. The van der Waals surface area contributed by atoms with E-state index >= 15 is 0 Å². The zero-order valence-electron chi connectivity index (χ0n) is 15.9. The molecule has 0 atom stereocenters. The quantitative estimate of drug-likeness (QED) is 0.620. The lowest BCUT2D eigenvalue weighted by Gasteiger charge is -2.34. The Morgan fingerprint density at radius 3 is 2.48 bits per heavy atom. The monoisotopic (exact) mass is 345 g/mol. The molecule has 1 fully saturated rings. The minimum Gasteiger partial charge on any atom is -0.355 e. The van der Waals surface area contributed by atoms with Gasteiger partial charge in [0.15, 0.2) is 5.96 Å². The van der Waals surface area contributed by atoms with E-state index in [4.69, 9.17) is 0 Å². The largest absolute Gasteiger partial charge is 0.355 e. The van der Waals surface area contributed by atoms with Gasteiger partial charge >= 0.3 is 0 Å². The molecule has 25 heavy (non-hydrogen) atoms. The highest BCUT2D eigenvalue weighted by atomic mass is 16.2. The summed E-state index contributed by atoms with van der Waals surface area (Å²) >= 11 is 0. The summed E-state index contributed by atoms with van der Waals surface area (Å²) in [4.78, 5) is 19.9. The average Bonchev–Trinajstić information content (AvgIpc) is 2.59. The highest BCUT2D eigenvalue weighted by Crippen LogP contribution is 2.09. The molecule has 1 aliphatic heterocycles. The Bertz CT molecular complexity index is 606. The summed E-state index contributed by atoms with van der Waals surface area (Å²) < 4.78 is 0. The Kier molecular flexibility index (Phi) is 7.25. The van der Waals surface area contributed by atoms with E-state index < -0.39 is 0 Å². The molecule has 0 radical (unpaired) electrons. The molecular formula is C19H31N5O. The highest BCUT2D eigenvalue weighted by Gasteiger charge is 2.17. The molecular weight excluding hydrogens is 314 g/mol. The first-order valence-corrected chi connectivity index (χ1v) is 8.98. The van der Waals surface area contributed by atoms with Crippen LogP contribution in [0.15, 0.2) is 23.2 Å². The van der Waals surface area contributed by atoms with Crippen LogP contribution in [0.25, 0.3) is 0 Å². The van der Waals surface area contributed by atoms with Gasteiger partial charge in [0, 0.05) is 59.8 Å². The van der Waals surface area contributed by atoms with Crippen molar-refractivity contribution < 1.29 is 4.79 Å². The van der Waals surface area contributed by atoms with E-state index in [1.54, 1.807) is 14.0 Å². The molecule has 1 amide bonds. The molecule has 1 saturated heterocycles. The maximum atomic E-state index is 11.4. The Morgan fingerprint density at radius 1 is 1.16 bits per heavy atom. The summed E-state index contributed by atoms with van der Waals surface area (Å²) in [6.07, 6.45) is 0. The number of aryl methyl sites for hydroxylation is 2. The number of aliphatic imine (C=N–C) groups is 1. The van der Waals surface area contributed by atoms with Gasteiger partial charge in [-0.25, -0.2) is 0 Å². The molecule has 0 bridgehead atoms. The maximum absolute atomic E-state index is 11.4. The van der Waals surface area contributed by atoms with Gasteiger partial charge in [-0.3, -0.25) is 14.7 Å². The number of nitrogens with one attached hydrogen (secondary N) is 2. The lowest BCUT2D eigenvalue weighted by Crippen LogP contribution is -2.50. The van der Waals surface area contributed by atoms with E-state index in [-0.39, 0.29) is 5.91 Å². The van der Waals surface area contributed by atoms with Crippen LogP contribution in [0.4, 0.5) is 0 Å². The number of hydrogen-bond acceptors (Lipinski definition) is 3. The molecule has 0 aliphatic carbocycles. The summed E-state index contributed by atoms with van der Waals surface area (Å²) in [5.74, 6) is 0.996. The van der Waals surface area contributed by atoms with Gasteiger partial charge in [0.1, 0.15) is 0 Å². The third-order valence-electron chi connectivity index (χ3n) is 4.71. The molecule has 0 unspecified atom stereocenters. The molecule has 1 heterocycles. The van der Waals surface area contributed by atoms with E-state index in [2.05, 4.69) is 52.6 Å². The van der Waals surface area contributed by atoms with Crippen LogP contribution in [0.5, 0.6) is 0 Å². The summed E-state index contributed by atoms with van der Waals surface area (Å²) in [6, 6.07) is 6.51. The third kappa shape index (κ3) is 6.05. The number of carbonyl (C=O) groups excluding carboxylic acids is 1. The van der Waals surface area contributed by atoms with Crippen molar-refractivity contribution in [2.75, 3.05) is 46.3 Å². The van der Waals surface area contributed by atoms with Gasteiger partial charge in [0.2, 0.25) is 5.91 Å². The molecule has 0 aromatic heterocycles. The Balaban J connectivity index is 1.69. The topological polar surface area (TPSA) is 60.0 Å². The SMILES string of the molecule is CN=C(NCCN1CCN(C(C)=O)CC1)NCc1ccc(C)cc1C. The van der Waals surface area contributed by atoms with Crippen molar-refractivity contribution in [3.05, 3.63) is 34.9 Å². The van der Waals surface area contributed by atoms with E-state index in [9.17, 15) is 4.79 Å². The number of benzene rings is 1. The van der Waals surface area contributed by atoms with Gasteiger partial charge < -0.3 is 15.5 Å². The standard InChI is InChI=1S/C19H31N5O/c1-15-5-6-18(16(2)13-15)14-22-19(20-4)21-7-8-23-9-11-24(12-10-23)17(3)25/h5-6,13H,7-12,14H2,1-4H3,(H2,20,21,22). The molecule has 138 valence electrons. The fourth-order valence-electron chi connectivity index (χ4n) is 3.06. The van der Waals surface area contributed by atoms with Crippen LogP contribution in [-0.2, 0) is 11.3 Å². The van der Waals surface area contributed by atoms with Crippen molar-refractivity contribution in [2.45, 2.75) is 27.3 Å². The fourth-order valence-corrected chi connectivity index (χ4v) is 3.06. The first-order chi connectivity index (χ1) is 12.0. The van der Waals surface area contributed by atoms with Crippen molar-refractivity contribution in [1.82, 2.24) is 20.4 Å². The number of amides is 1. The van der Waals surface area contributed by atoms with Gasteiger partial charge in [-0.15, -0.1) is 0 Å². The second-order valence-corrected chi connectivity index (χ2v) is 6.63. The summed E-state index contributed by atoms with van der Waals surface area (Å²) in [6.45, 7) is 12.0. The zero-order chi connectivity index (χ0) is 18.2. The number of rotatable bonds is 5. The molecule has 2 N–H and O–H groups in total. The fraction of sp³-hybridized carbons (Fsp3) is 0.579. The molecule has 1 aliphatic rings. The van der Waals surface area contributed by atoms with E-state index in [1.807, 2.05) is 4.90 Å². The Hall–Kier alpha value is -2.08. The number of carbonyl (C=O) groups is 1. The Labute approximate surface area is 151 Å². The van der Waals surface area contributed by atoms with Gasteiger partial charge in [0.25, 0.3) is 0 Å². The third-order valence-corrected chi connectivity index (χ3v) is 4.71. The van der Waals surface area contributed by atoms with Crippen LogP contribution in [-0.4, -0.2) is 68.0 Å². The van der Waals surface area contributed by atoms with Gasteiger partial charge in [-0.1, -0.05) is 23.8 Å². The van der Waals surface area contributed by atoms with E-state index in [1.165, 1.54) is 16.7 Å². The van der Waals surface area contributed by atoms with Crippen LogP contribution < -0.4 is 10.6 Å². The van der Waals surface area contributed by atoms with Crippen molar-refractivity contribution >= 4 is 11.9 Å². The van der Waals surface area contributed by atoms with Crippen LogP contribution in [0.1, 0.15) is 23.6 Å². The van der Waals surface area contributed by atoms with Crippen molar-refractivity contribution in [2.24, 2.45) is 4.99 Å². The predicted octanol–water partition coefficient (Wildman–Crippen LogP) is 1.13. The second kappa shape index (κ2) is 9.42. The molecule has 2 rings (SSSR count). The molecule has 1 aromatic rings. The zero-order valence-corrected chi connectivity index (χ0v) is 15.9. The lowest BCUT2D eigenvalue weighted by atomic mass is 10.1. The van der Waals surface area contributed by atoms with Crippen LogP contribution in [0, 0.1) is 13.8 Å². The lowest BCUT2D eigenvalue weighted by molar-refractivity contribution is -0.130. The Morgan fingerprint density at radius 2 is 1.88 bits per heavy atom.